The highest BCUT2D eigenvalue weighted by atomic mass is 32.2. The van der Waals surface area contributed by atoms with Crippen LogP contribution in [0.25, 0.3) is 10.6 Å². The van der Waals surface area contributed by atoms with Gasteiger partial charge in [0, 0.05) is 36.7 Å². The van der Waals surface area contributed by atoms with Gasteiger partial charge in [-0.3, -0.25) is 9.78 Å². The highest BCUT2D eigenvalue weighted by molar-refractivity contribution is 7.99. The Kier molecular flexibility index (Phi) is 6.45. The molecule has 0 radical (unpaired) electrons. The molecule has 1 atom stereocenters. The summed E-state index contributed by atoms with van der Waals surface area (Å²) >= 11 is 2.42. The molecule has 4 nitrogen and oxygen atoms in total. The molecular weight excluding hydrogens is 371 g/mol. The van der Waals surface area contributed by atoms with Gasteiger partial charge in [0.05, 0.1) is 0 Å². The van der Waals surface area contributed by atoms with Crippen LogP contribution in [0.4, 0.5) is 18.2 Å². The van der Waals surface area contributed by atoms with Gasteiger partial charge in [-0.05, 0) is 17.9 Å². The van der Waals surface area contributed by atoms with Gasteiger partial charge in [0.1, 0.15) is 10.0 Å². The Morgan fingerprint density at radius 3 is 2.72 bits per heavy atom. The molecule has 0 bridgehead atoms. The van der Waals surface area contributed by atoms with Crippen molar-refractivity contribution in [3.05, 3.63) is 30.2 Å². The quantitative estimate of drug-likeness (QED) is 0.726. The smallest absolute Gasteiger partial charge is 0.305 e. The minimum Gasteiger partial charge on any atom is -0.305 e. The third kappa shape index (κ3) is 4.72. The average Bonchev–Trinajstić information content (AvgIpc) is 3.04. The first-order valence-corrected chi connectivity index (χ1v) is 9.56. The van der Waals surface area contributed by atoms with Crippen molar-refractivity contribution in [3.63, 3.8) is 0 Å². The van der Waals surface area contributed by atoms with Crippen LogP contribution in [0.2, 0.25) is 0 Å². The summed E-state index contributed by atoms with van der Waals surface area (Å²) in [7, 11) is 1.37. The summed E-state index contributed by atoms with van der Waals surface area (Å²) in [4.78, 5) is 21.2. The van der Waals surface area contributed by atoms with Gasteiger partial charge in [-0.2, -0.15) is 24.9 Å². The summed E-state index contributed by atoms with van der Waals surface area (Å²) in [6.45, 7) is 3.69. The number of amides is 1. The number of rotatable bonds is 6. The summed E-state index contributed by atoms with van der Waals surface area (Å²) < 4.78 is 40.2. The van der Waals surface area contributed by atoms with Gasteiger partial charge in [0.2, 0.25) is 5.91 Å². The summed E-state index contributed by atoms with van der Waals surface area (Å²) in [6.07, 6.45) is -1.65. The van der Waals surface area contributed by atoms with Crippen molar-refractivity contribution in [2.45, 2.75) is 20.0 Å². The molecule has 0 aliphatic carbocycles. The van der Waals surface area contributed by atoms with Crippen molar-refractivity contribution in [2.24, 2.45) is 5.92 Å². The highest BCUT2D eigenvalue weighted by Gasteiger charge is 2.40. The third-order valence-corrected chi connectivity index (χ3v) is 5.74. The van der Waals surface area contributed by atoms with E-state index in [9.17, 15) is 18.0 Å². The van der Waals surface area contributed by atoms with Crippen LogP contribution in [0, 0.1) is 5.92 Å². The molecule has 25 heavy (non-hydrogen) atoms. The van der Waals surface area contributed by atoms with E-state index in [1.165, 1.54) is 19.4 Å². The Morgan fingerprint density at radius 2 is 2.16 bits per heavy atom. The standard InChI is InChI=1S/C16H18F3N3OS2/c1-4-24-9-10(2)14(23)22(3)15-12(16(17,18)19)21-13(25-15)11-6-5-7-20-8-11/h5-8,10H,4,9H2,1-3H3. The molecule has 2 rings (SSSR count). The average molecular weight is 389 g/mol. The molecule has 136 valence electrons. The van der Waals surface area contributed by atoms with Crippen molar-refractivity contribution in [2.75, 3.05) is 23.5 Å². The lowest BCUT2D eigenvalue weighted by atomic mass is 10.2. The lowest BCUT2D eigenvalue weighted by Gasteiger charge is -2.21. The van der Waals surface area contributed by atoms with Gasteiger partial charge in [0.15, 0.2) is 5.69 Å². The first kappa shape index (κ1) is 19.7. The Labute approximate surface area is 152 Å². The molecule has 1 amide bonds. The highest BCUT2D eigenvalue weighted by Crippen LogP contribution is 2.42. The maximum Gasteiger partial charge on any atom is 0.436 e. The Bertz CT molecular complexity index is 719. The fourth-order valence-corrected chi connectivity index (χ4v) is 3.91. The molecule has 2 aromatic rings. The van der Waals surface area contributed by atoms with Crippen molar-refractivity contribution in [1.82, 2.24) is 9.97 Å². The normalized spacial score (nSPS) is 12.9. The van der Waals surface area contributed by atoms with Crippen LogP contribution in [0.5, 0.6) is 0 Å². The van der Waals surface area contributed by atoms with Crippen LogP contribution >= 0.6 is 23.1 Å². The first-order valence-electron chi connectivity index (χ1n) is 7.59. The van der Waals surface area contributed by atoms with Crippen molar-refractivity contribution in [3.8, 4) is 10.6 Å². The number of carbonyl (C=O) groups is 1. The minimum atomic E-state index is -4.64. The zero-order valence-electron chi connectivity index (χ0n) is 14.0. The van der Waals surface area contributed by atoms with Crippen LogP contribution in [-0.4, -0.2) is 34.4 Å². The molecule has 0 saturated heterocycles. The molecule has 0 N–H and O–H groups in total. The molecule has 0 saturated carbocycles. The Hall–Kier alpha value is -1.61. The van der Waals surface area contributed by atoms with Gasteiger partial charge in [-0.25, -0.2) is 4.98 Å². The van der Waals surface area contributed by atoms with Crippen LogP contribution in [-0.2, 0) is 11.0 Å². The van der Waals surface area contributed by atoms with E-state index in [-0.39, 0.29) is 21.8 Å². The topological polar surface area (TPSA) is 46.1 Å². The molecule has 9 heteroatoms. The maximum atomic E-state index is 13.4. The second-order valence-electron chi connectivity index (χ2n) is 5.37. The number of thioether (sulfide) groups is 1. The van der Waals surface area contributed by atoms with E-state index in [0.717, 1.165) is 22.0 Å². The molecule has 1 unspecified atom stereocenters. The van der Waals surface area contributed by atoms with Crippen molar-refractivity contribution >= 4 is 34.0 Å². The molecule has 0 fully saturated rings. The second-order valence-corrected chi connectivity index (χ2v) is 7.67. The number of anilines is 1. The fraction of sp³-hybridized carbons (Fsp3) is 0.438. The second kappa shape index (κ2) is 8.18. The van der Waals surface area contributed by atoms with Crippen molar-refractivity contribution in [1.29, 1.82) is 0 Å². The first-order chi connectivity index (χ1) is 11.8. The number of carbonyl (C=O) groups excluding carboxylic acids is 1. The number of alkyl halides is 3. The van der Waals surface area contributed by atoms with Crippen LogP contribution in [0.3, 0.4) is 0 Å². The molecule has 2 aromatic heterocycles. The van der Waals surface area contributed by atoms with E-state index in [4.69, 9.17) is 0 Å². The van der Waals surface area contributed by atoms with Gasteiger partial charge in [0.25, 0.3) is 0 Å². The summed E-state index contributed by atoms with van der Waals surface area (Å²) in [6, 6.07) is 3.26. The molecule has 0 aliphatic heterocycles. The SMILES string of the molecule is CCSCC(C)C(=O)N(C)c1sc(-c2cccnc2)nc1C(F)(F)F. The maximum absolute atomic E-state index is 13.4. The van der Waals surface area contributed by atoms with Crippen LogP contribution in [0.1, 0.15) is 19.5 Å². The zero-order chi connectivity index (χ0) is 18.6. The number of hydrogen-bond donors (Lipinski definition) is 0. The molecule has 0 spiro atoms. The monoisotopic (exact) mass is 389 g/mol. The predicted octanol–water partition coefficient (Wildman–Crippen LogP) is 4.58. The zero-order valence-corrected chi connectivity index (χ0v) is 15.6. The predicted molar refractivity (Wildman–Crippen MR) is 95.9 cm³/mol. The van der Waals surface area contributed by atoms with Crippen molar-refractivity contribution < 1.29 is 18.0 Å². The lowest BCUT2D eigenvalue weighted by molar-refractivity contribution is -0.140. The van der Waals surface area contributed by atoms with Crippen LogP contribution < -0.4 is 4.90 Å². The molecule has 0 aromatic carbocycles. The molecule has 2 heterocycles. The van der Waals surface area contributed by atoms with E-state index in [1.54, 1.807) is 30.8 Å². The Morgan fingerprint density at radius 1 is 1.44 bits per heavy atom. The van der Waals surface area contributed by atoms with E-state index in [1.807, 2.05) is 6.92 Å². The summed E-state index contributed by atoms with van der Waals surface area (Å²) in [5.74, 6) is 0.684. The van der Waals surface area contributed by atoms with Gasteiger partial charge in [-0.15, -0.1) is 0 Å². The largest absolute Gasteiger partial charge is 0.436 e. The Balaban J connectivity index is 2.38. The van der Waals surface area contributed by atoms with E-state index >= 15 is 0 Å². The van der Waals surface area contributed by atoms with Crippen LogP contribution in [0.15, 0.2) is 24.5 Å². The van der Waals surface area contributed by atoms with Gasteiger partial charge >= 0.3 is 6.18 Å². The third-order valence-electron chi connectivity index (χ3n) is 3.42. The number of halogens is 3. The number of pyridine rings is 1. The fourth-order valence-electron chi connectivity index (χ4n) is 2.13. The van der Waals surface area contributed by atoms with Gasteiger partial charge < -0.3 is 4.90 Å². The van der Waals surface area contributed by atoms with Gasteiger partial charge in [-0.1, -0.05) is 25.2 Å². The number of hydrogen-bond acceptors (Lipinski definition) is 5. The summed E-state index contributed by atoms with van der Waals surface area (Å²) in [5, 5.41) is -0.00429. The molecular formula is C16H18F3N3OS2. The minimum absolute atomic E-state index is 0.186. The van der Waals surface area contributed by atoms with E-state index < -0.39 is 11.9 Å². The lowest BCUT2D eigenvalue weighted by Crippen LogP contribution is -2.33. The summed E-state index contributed by atoms with van der Waals surface area (Å²) in [5.41, 5.74) is -0.553. The molecule has 0 aliphatic rings. The number of aromatic nitrogens is 2. The number of nitrogens with zero attached hydrogens (tertiary/aromatic N) is 3. The van der Waals surface area contributed by atoms with E-state index in [2.05, 4.69) is 9.97 Å². The van der Waals surface area contributed by atoms with E-state index in [0.29, 0.717) is 11.3 Å². The number of thiazole rings is 1.